The molecule has 1 heterocycles. The average Bonchev–Trinajstić information content (AvgIpc) is 2.61. The van der Waals surface area contributed by atoms with Crippen LogP contribution in [0.15, 0.2) is 24.3 Å². The molecule has 1 saturated heterocycles. The van der Waals surface area contributed by atoms with Crippen molar-refractivity contribution in [2.75, 3.05) is 6.61 Å². The van der Waals surface area contributed by atoms with Gasteiger partial charge in [0, 0.05) is 6.42 Å². The summed E-state index contributed by atoms with van der Waals surface area (Å²) in [6, 6.07) is 7.62. The zero-order valence-corrected chi connectivity index (χ0v) is 9.73. The molecule has 4 nitrogen and oxygen atoms in total. The number of benzene rings is 1. The van der Waals surface area contributed by atoms with Crippen molar-refractivity contribution in [1.82, 2.24) is 5.32 Å². The molecule has 90 valence electrons. The number of hydrogen-bond acceptors (Lipinski definition) is 3. The van der Waals surface area contributed by atoms with Gasteiger partial charge < -0.3 is 4.74 Å². The summed E-state index contributed by atoms with van der Waals surface area (Å²) in [5.74, 6) is 0.168. The molecular weight excluding hydrogens is 218 g/mol. The number of ether oxygens (including phenoxy) is 1. The first kappa shape index (κ1) is 11.6. The summed E-state index contributed by atoms with van der Waals surface area (Å²) in [7, 11) is 0. The zero-order valence-electron chi connectivity index (χ0n) is 9.73. The third kappa shape index (κ3) is 2.64. The highest BCUT2D eigenvalue weighted by Gasteiger charge is 2.30. The van der Waals surface area contributed by atoms with Gasteiger partial charge in [0.2, 0.25) is 11.8 Å². The maximum atomic E-state index is 11.5. The first-order valence-electron chi connectivity index (χ1n) is 5.75. The number of hydrogen-bond donors (Lipinski definition) is 1. The first-order chi connectivity index (χ1) is 8.20. The fraction of sp³-hybridized carbons (Fsp3) is 0.385. The lowest BCUT2D eigenvalue weighted by atomic mass is 9.97. The Kier molecular flexibility index (Phi) is 3.42. The third-order valence-corrected chi connectivity index (χ3v) is 2.80. The summed E-state index contributed by atoms with van der Waals surface area (Å²) < 4.78 is 5.49. The van der Waals surface area contributed by atoms with Gasteiger partial charge in [0.1, 0.15) is 5.75 Å². The molecule has 4 heteroatoms. The Morgan fingerprint density at radius 2 is 2.12 bits per heavy atom. The Bertz CT molecular complexity index is 442. The minimum atomic E-state index is -0.260. The number of imide groups is 1. The summed E-state index contributed by atoms with van der Waals surface area (Å²) in [5, 5.41) is 2.32. The van der Waals surface area contributed by atoms with Gasteiger partial charge >= 0.3 is 0 Å². The summed E-state index contributed by atoms with van der Waals surface area (Å²) in [5.41, 5.74) is 0.976. The zero-order chi connectivity index (χ0) is 12.3. The van der Waals surface area contributed by atoms with Gasteiger partial charge in [-0.2, -0.15) is 0 Å². The highest BCUT2D eigenvalue weighted by Crippen LogP contribution is 2.24. The monoisotopic (exact) mass is 233 g/mol. The van der Waals surface area contributed by atoms with Crippen LogP contribution in [0.1, 0.15) is 18.9 Å². The van der Waals surface area contributed by atoms with Gasteiger partial charge in [-0.05, 0) is 25.0 Å². The van der Waals surface area contributed by atoms with Crippen molar-refractivity contribution in [2.45, 2.75) is 19.8 Å². The highest BCUT2D eigenvalue weighted by molar-refractivity contribution is 6.03. The van der Waals surface area contributed by atoms with Crippen LogP contribution in [0.5, 0.6) is 5.75 Å². The van der Waals surface area contributed by atoms with Gasteiger partial charge in [-0.15, -0.1) is 0 Å². The maximum Gasteiger partial charge on any atom is 0.230 e. The Morgan fingerprint density at radius 3 is 2.76 bits per heavy atom. The van der Waals surface area contributed by atoms with Gasteiger partial charge in [-0.25, -0.2) is 0 Å². The van der Waals surface area contributed by atoms with Gasteiger partial charge in [-0.1, -0.05) is 18.2 Å². The maximum absolute atomic E-state index is 11.5. The normalized spacial score (nSPS) is 19.2. The number of amides is 2. The molecule has 1 aromatic rings. The van der Waals surface area contributed by atoms with Crippen LogP contribution in [0.4, 0.5) is 0 Å². The van der Waals surface area contributed by atoms with E-state index < -0.39 is 0 Å². The van der Waals surface area contributed by atoms with Crippen LogP contribution < -0.4 is 10.1 Å². The Morgan fingerprint density at radius 1 is 1.35 bits per heavy atom. The predicted molar refractivity (Wildman–Crippen MR) is 62.6 cm³/mol. The molecule has 2 amide bonds. The Labute approximate surface area is 100.0 Å². The molecular formula is C13H15NO3. The lowest BCUT2D eigenvalue weighted by molar-refractivity contribution is -0.125. The number of rotatable bonds is 4. The minimum Gasteiger partial charge on any atom is -0.494 e. The second kappa shape index (κ2) is 4.99. The van der Waals surface area contributed by atoms with E-state index in [9.17, 15) is 9.59 Å². The molecule has 0 radical (unpaired) electrons. The molecule has 17 heavy (non-hydrogen) atoms. The van der Waals surface area contributed by atoms with Gasteiger partial charge in [0.05, 0.1) is 12.5 Å². The van der Waals surface area contributed by atoms with Crippen LogP contribution in [-0.2, 0) is 16.0 Å². The quantitative estimate of drug-likeness (QED) is 0.797. The molecule has 1 aliphatic rings. The van der Waals surface area contributed by atoms with Gasteiger partial charge in [0.15, 0.2) is 0 Å². The van der Waals surface area contributed by atoms with Crippen molar-refractivity contribution in [3.8, 4) is 5.75 Å². The number of carbonyl (C=O) groups excluding carboxylic acids is 2. The third-order valence-electron chi connectivity index (χ3n) is 2.80. The molecule has 1 N–H and O–H groups in total. The van der Waals surface area contributed by atoms with Crippen LogP contribution in [0.3, 0.4) is 0 Å². The van der Waals surface area contributed by atoms with E-state index in [1.54, 1.807) is 0 Å². The van der Waals surface area contributed by atoms with E-state index in [0.29, 0.717) is 13.0 Å². The van der Waals surface area contributed by atoms with Crippen LogP contribution >= 0.6 is 0 Å². The van der Waals surface area contributed by atoms with Gasteiger partial charge in [0.25, 0.3) is 0 Å². The van der Waals surface area contributed by atoms with Gasteiger partial charge in [-0.3, -0.25) is 14.9 Å². The van der Waals surface area contributed by atoms with E-state index in [4.69, 9.17) is 4.74 Å². The van der Waals surface area contributed by atoms with E-state index in [0.717, 1.165) is 11.3 Å². The van der Waals surface area contributed by atoms with E-state index in [2.05, 4.69) is 5.32 Å². The lowest BCUT2D eigenvalue weighted by Crippen LogP contribution is -2.23. The van der Waals surface area contributed by atoms with Crippen LogP contribution in [0, 0.1) is 5.92 Å². The van der Waals surface area contributed by atoms with Crippen molar-refractivity contribution in [2.24, 2.45) is 5.92 Å². The topological polar surface area (TPSA) is 55.4 Å². The fourth-order valence-corrected chi connectivity index (χ4v) is 2.01. The van der Waals surface area contributed by atoms with Crippen molar-refractivity contribution < 1.29 is 14.3 Å². The predicted octanol–water partition coefficient (Wildman–Crippen LogP) is 1.29. The van der Waals surface area contributed by atoms with E-state index in [-0.39, 0.29) is 24.2 Å². The van der Waals surface area contributed by atoms with Crippen LogP contribution in [-0.4, -0.2) is 18.4 Å². The molecule has 0 bridgehead atoms. The molecule has 1 atom stereocenters. The van der Waals surface area contributed by atoms with Crippen molar-refractivity contribution in [1.29, 1.82) is 0 Å². The van der Waals surface area contributed by atoms with E-state index >= 15 is 0 Å². The second-order valence-electron chi connectivity index (χ2n) is 4.06. The Hall–Kier alpha value is -1.84. The summed E-state index contributed by atoms with van der Waals surface area (Å²) in [6.45, 7) is 2.51. The number of para-hydroxylation sites is 1. The average molecular weight is 233 g/mol. The summed E-state index contributed by atoms with van der Waals surface area (Å²) in [4.78, 5) is 22.6. The molecule has 1 aromatic carbocycles. The van der Waals surface area contributed by atoms with Crippen LogP contribution in [0.25, 0.3) is 0 Å². The van der Waals surface area contributed by atoms with Crippen LogP contribution in [0.2, 0.25) is 0 Å². The van der Waals surface area contributed by atoms with Crippen molar-refractivity contribution in [3.05, 3.63) is 29.8 Å². The fourth-order valence-electron chi connectivity index (χ4n) is 2.01. The number of nitrogens with one attached hydrogen (secondary N) is 1. The van der Waals surface area contributed by atoms with Crippen molar-refractivity contribution >= 4 is 11.8 Å². The Balaban J connectivity index is 2.13. The highest BCUT2D eigenvalue weighted by atomic mass is 16.5. The first-order valence-corrected chi connectivity index (χ1v) is 5.75. The smallest absolute Gasteiger partial charge is 0.230 e. The van der Waals surface area contributed by atoms with E-state index in [1.165, 1.54) is 0 Å². The molecule has 1 aliphatic heterocycles. The summed E-state index contributed by atoms with van der Waals surface area (Å²) in [6.07, 6.45) is 0.826. The van der Waals surface area contributed by atoms with Crippen molar-refractivity contribution in [3.63, 3.8) is 0 Å². The van der Waals surface area contributed by atoms with E-state index in [1.807, 2.05) is 31.2 Å². The molecule has 0 saturated carbocycles. The summed E-state index contributed by atoms with van der Waals surface area (Å²) >= 11 is 0. The molecule has 1 unspecified atom stereocenters. The number of carbonyl (C=O) groups is 2. The standard InChI is InChI=1S/C13H15NO3/c1-2-17-11-6-4-3-5-9(11)7-10-8-12(15)14-13(10)16/h3-6,10H,2,7-8H2,1H3,(H,14,15,16). The minimum absolute atomic E-state index is 0.179. The molecule has 0 aromatic heterocycles. The molecule has 2 rings (SSSR count). The second-order valence-corrected chi connectivity index (χ2v) is 4.06. The molecule has 0 spiro atoms. The molecule has 0 aliphatic carbocycles. The largest absolute Gasteiger partial charge is 0.494 e. The molecule has 1 fully saturated rings. The lowest BCUT2D eigenvalue weighted by Gasteiger charge is -2.11. The SMILES string of the molecule is CCOc1ccccc1CC1CC(=O)NC1=O.